The topological polar surface area (TPSA) is 41.3 Å². The number of aryl methyl sites for hydroxylation is 1. The van der Waals surface area contributed by atoms with Gasteiger partial charge in [0.15, 0.2) is 5.89 Å². The summed E-state index contributed by atoms with van der Waals surface area (Å²) in [6.07, 6.45) is 9.42. The molecule has 3 rings (SSSR count). The second-order valence-electron chi connectivity index (χ2n) is 5.93. The molecule has 0 aromatic carbocycles. The van der Waals surface area contributed by atoms with Gasteiger partial charge in [-0.1, -0.05) is 13.3 Å². The molecule has 2 aliphatic heterocycles. The molecule has 19 heavy (non-hydrogen) atoms. The van der Waals surface area contributed by atoms with E-state index in [0.29, 0.717) is 5.54 Å². The quantitative estimate of drug-likeness (QED) is 0.909. The van der Waals surface area contributed by atoms with Crippen LogP contribution in [0.25, 0.3) is 0 Å². The van der Waals surface area contributed by atoms with Crippen molar-refractivity contribution in [3.8, 4) is 0 Å². The van der Waals surface area contributed by atoms with Crippen molar-refractivity contribution >= 4 is 0 Å². The Morgan fingerprint density at radius 2 is 2.16 bits per heavy atom. The van der Waals surface area contributed by atoms with Crippen LogP contribution in [0.1, 0.15) is 50.7 Å². The van der Waals surface area contributed by atoms with Crippen LogP contribution < -0.4 is 5.32 Å². The van der Waals surface area contributed by atoms with E-state index in [1.165, 1.54) is 38.6 Å². The lowest BCUT2D eigenvalue weighted by molar-refractivity contribution is 0.00874. The number of rotatable bonds is 3. The first-order chi connectivity index (χ1) is 9.32. The van der Waals surface area contributed by atoms with Crippen LogP contribution in [0.4, 0.5) is 0 Å². The molecule has 2 aliphatic rings. The molecule has 0 radical (unpaired) electrons. The van der Waals surface area contributed by atoms with Crippen molar-refractivity contribution in [3.63, 3.8) is 0 Å². The summed E-state index contributed by atoms with van der Waals surface area (Å²) < 4.78 is 5.80. The summed E-state index contributed by atoms with van der Waals surface area (Å²) in [5.74, 6) is 1.91. The third kappa shape index (κ3) is 2.70. The molecule has 1 aromatic heterocycles. The average molecular weight is 263 g/mol. The van der Waals surface area contributed by atoms with Crippen LogP contribution in [0, 0.1) is 0 Å². The number of aromatic nitrogens is 1. The molecular formula is C15H25N3O. The summed E-state index contributed by atoms with van der Waals surface area (Å²) in [5, 5.41) is 3.49. The summed E-state index contributed by atoms with van der Waals surface area (Å²) >= 11 is 0. The van der Waals surface area contributed by atoms with Crippen molar-refractivity contribution in [1.82, 2.24) is 15.2 Å². The Morgan fingerprint density at radius 3 is 2.89 bits per heavy atom. The van der Waals surface area contributed by atoms with Crippen LogP contribution in [-0.2, 0) is 13.0 Å². The first-order valence-electron chi connectivity index (χ1n) is 7.72. The lowest BCUT2D eigenvalue weighted by Gasteiger charge is -2.49. The van der Waals surface area contributed by atoms with Gasteiger partial charge in [-0.25, -0.2) is 4.98 Å². The molecule has 3 heterocycles. The number of likely N-dealkylation sites (tertiary alicyclic amines) is 1. The highest BCUT2D eigenvalue weighted by Gasteiger charge is 2.39. The molecule has 4 nitrogen and oxygen atoms in total. The van der Waals surface area contributed by atoms with Gasteiger partial charge in [0.1, 0.15) is 5.76 Å². The second-order valence-corrected chi connectivity index (χ2v) is 5.93. The standard InChI is InChI=1S/C15H25N3O/c1-2-14-17-11-13(19-14)12-18-10-4-3-5-15(18)6-8-16-9-7-15/h11,16H,2-10,12H2,1H3. The van der Waals surface area contributed by atoms with E-state index >= 15 is 0 Å². The van der Waals surface area contributed by atoms with Crippen molar-refractivity contribution in [2.24, 2.45) is 0 Å². The van der Waals surface area contributed by atoms with E-state index in [0.717, 1.165) is 37.7 Å². The second kappa shape index (κ2) is 5.63. The normalized spacial score (nSPS) is 23.8. The molecular weight excluding hydrogens is 238 g/mol. The van der Waals surface area contributed by atoms with Crippen LogP contribution in [0.5, 0.6) is 0 Å². The van der Waals surface area contributed by atoms with Gasteiger partial charge in [0.05, 0.1) is 12.7 Å². The largest absolute Gasteiger partial charge is 0.444 e. The van der Waals surface area contributed by atoms with Crippen LogP contribution in [0.2, 0.25) is 0 Å². The van der Waals surface area contributed by atoms with Crippen molar-refractivity contribution in [2.45, 2.75) is 57.5 Å². The van der Waals surface area contributed by atoms with Crippen LogP contribution >= 0.6 is 0 Å². The summed E-state index contributed by atoms with van der Waals surface area (Å²) in [5.41, 5.74) is 0.419. The molecule has 1 spiro atoms. The van der Waals surface area contributed by atoms with Gasteiger partial charge in [-0.2, -0.15) is 0 Å². The summed E-state index contributed by atoms with van der Waals surface area (Å²) in [6.45, 7) is 6.56. The molecule has 0 atom stereocenters. The smallest absolute Gasteiger partial charge is 0.194 e. The fourth-order valence-corrected chi connectivity index (χ4v) is 3.63. The van der Waals surface area contributed by atoms with Gasteiger partial charge < -0.3 is 9.73 Å². The van der Waals surface area contributed by atoms with Crippen molar-refractivity contribution in [3.05, 3.63) is 17.8 Å². The SMILES string of the molecule is CCc1ncc(CN2CCCCC23CCNCC3)o1. The zero-order valence-corrected chi connectivity index (χ0v) is 12.0. The molecule has 1 aromatic rings. The Kier molecular flexibility index (Phi) is 3.89. The predicted molar refractivity (Wildman–Crippen MR) is 75.0 cm³/mol. The van der Waals surface area contributed by atoms with E-state index in [1.807, 2.05) is 6.20 Å². The van der Waals surface area contributed by atoms with Gasteiger partial charge in [-0.05, 0) is 45.3 Å². The van der Waals surface area contributed by atoms with E-state index in [9.17, 15) is 0 Å². The zero-order valence-electron chi connectivity index (χ0n) is 12.0. The van der Waals surface area contributed by atoms with Crippen LogP contribution in [-0.4, -0.2) is 35.1 Å². The summed E-state index contributed by atoms with van der Waals surface area (Å²) in [4.78, 5) is 6.99. The highest BCUT2D eigenvalue weighted by Crippen LogP contribution is 2.36. The van der Waals surface area contributed by atoms with Gasteiger partial charge in [-0.15, -0.1) is 0 Å². The lowest BCUT2D eigenvalue weighted by Crippen LogP contribution is -2.56. The maximum absolute atomic E-state index is 5.80. The third-order valence-electron chi connectivity index (χ3n) is 4.78. The molecule has 0 saturated carbocycles. The molecule has 4 heteroatoms. The summed E-state index contributed by atoms with van der Waals surface area (Å²) in [7, 11) is 0. The Bertz CT molecular complexity index is 401. The number of oxazole rings is 1. The maximum Gasteiger partial charge on any atom is 0.194 e. The minimum Gasteiger partial charge on any atom is -0.444 e. The van der Waals surface area contributed by atoms with E-state index in [2.05, 4.69) is 22.1 Å². The Labute approximate surface area is 115 Å². The third-order valence-corrected chi connectivity index (χ3v) is 4.78. The van der Waals surface area contributed by atoms with Crippen molar-refractivity contribution in [2.75, 3.05) is 19.6 Å². The number of nitrogens with one attached hydrogen (secondary N) is 1. The minimum absolute atomic E-state index is 0.419. The van der Waals surface area contributed by atoms with E-state index in [1.54, 1.807) is 0 Å². The molecule has 0 aliphatic carbocycles. The molecule has 2 fully saturated rings. The van der Waals surface area contributed by atoms with Gasteiger partial charge in [0.2, 0.25) is 0 Å². The van der Waals surface area contributed by atoms with E-state index < -0.39 is 0 Å². The molecule has 106 valence electrons. The first kappa shape index (κ1) is 13.1. The highest BCUT2D eigenvalue weighted by atomic mass is 16.4. The van der Waals surface area contributed by atoms with Gasteiger partial charge in [0, 0.05) is 12.0 Å². The van der Waals surface area contributed by atoms with E-state index in [4.69, 9.17) is 4.42 Å². The van der Waals surface area contributed by atoms with Crippen LogP contribution in [0.15, 0.2) is 10.6 Å². The lowest BCUT2D eigenvalue weighted by atomic mass is 9.79. The van der Waals surface area contributed by atoms with Gasteiger partial charge in [0.25, 0.3) is 0 Å². The Morgan fingerprint density at radius 1 is 1.32 bits per heavy atom. The minimum atomic E-state index is 0.419. The Balaban J connectivity index is 1.73. The fourth-order valence-electron chi connectivity index (χ4n) is 3.63. The van der Waals surface area contributed by atoms with Crippen molar-refractivity contribution in [1.29, 1.82) is 0 Å². The monoisotopic (exact) mass is 263 g/mol. The van der Waals surface area contributed by atoms with Crippen molar-refractivity contribution < 1.29 is 4.42 Å². The zero-order chi connectivity index (χ0) is 13.1. The first-order valence-corrected chi connectivity index (χ1v) is 7.72. The number of hydrogen-bond donors (Lipinski definition) is 1. The number of nitrogens with zero attached hydrogens (tertiary/aromatic N) is 2. The van der Waals surface area contributed by atoms with Gasteiger partial charge >= 0.3 is 0 Å². The predicted octanol–water partition coefficient (Wildman–Crippen LogP) is 2.35. The number of piperidine rings is 2. The van der Waals surface area contributed by atoms with E-state index in [-0.39, 0.29) is 0 Å². The molecule has 2 saturated heterocycles. The number of hydrogen-bond acceptors (Lipinski definition) is 4. The highest BCUT2D eigenvalue weighted by molar-refractivity contribution is 5.01. The fraction of sp³-hybridized carbons (Fsp3) is 0.800. The molecule has 0 amide bonds. The maximum atomic E-state index is 5.80. The van der Waals surface area contributed by atoms with Gasteiger partial charge in [-0.3, -0.25) is 4.90 Å². The van der Waals surface area contributed by atoms with Crippen LogP contribution in [0.3, 0.4) is 0 Å². The molecule has 0 unspecified atom stereocenters. The molecule has 0 bridgehead atoms. The average Bonchev–Trinajstić information content (AvgIpc) is 2.90. The Hall–Kier alpha value is -0.870. The summed E-state index contributed by atoms with van der Waals surface area (Å²) in [6, 6.07) is 0. The molecule has 1 N–H and O–H groups in total.